The maximum absolute atomic E-state index is 13.8. The zero-order valence-corrected chi connectivity index (χ0v) is 27.4. The fourth-order valence-corrected chi connectivity index (χ4v) is 6.41. The van der Waals surface area contributed by atoms with Gasteiger partial charge < -0.3 is 29.8 Å². The molecular weight excluding hydrogens is 596 g/mol. The summed E-state index contributed by atoms with van der Waals surface area (Å²) in [6, 6.07) is 10.7. The molecule has 1 aliphatic heterocycles. The van der Waals surface area contributed by atoms with Gasteiger partial charge in [0.25, 0.3) is 11.5 Å². The molecule has 0 atom stereocenters. The number of aromatic nitrogens is 4. The number of hydrogen-bond acceptors (Lipinski definition) is 8. The van der Waals surface area contributed by atoms with E-state index >= 15 is 0 Å². The molecule has 244 valence electrons. The lowest BCUT2D eigenvalue weighted by atomic mass is 9.90. The van der Waals surface area contributed by atoms with Crippen molar-refractivity contribution in [3.05, 3.63) is 93.8 Å². The molecule has 1 aliphatic carbocycles. The van der Waals surface area contributed by atoms with E-state index in [4.69, 9.17) is 0 Å². The molecule has 0 saturated carbocycles. The fraction of sp³-hybridized carbons (Fsp3) is 0.343. The van der Waals surface area contributed by atoms with Crippen molar-refractivity contribution in [3.8, 4) is 11.3 Å². The van der Waals surface area contributed by atoms with Crippen LogP contribution in [0.1, 0.15) is 41.2 Å². The summed E-state index contributed by atoms with van der Waals surface area (Å²) in [5.41, 5.74) is 5.45. The SMILES string of the molecule is CN(C)C/C=C/C(=O)Nc1cccc(Nc2nc(-c3ccnc(N4CCn5c(cc6c5CC(C)(C)C6)C4=O)c3CO)cn(C)c2=O)c1. The molecule has 3 aromatic heterocycles. The minimum Gasteiger partial charge on any atom is -0.392 e. The van der Waals surface area contributed by atoms with Crippen molar-refractivity contribution in [2.45, 2.75) is 39.8 Å². The van der Waals surface area contributed by atoms with Crippen molar-refractivity contribution in [3.63, 3.8) is 0 Å². The Hall–Kier alpha value is -5.07. The number of pyridine rings is 1. The molecule has 12 heteroatoms. The molecule has 6 rings (SSSR count). The Kier molecular flexibility index (Phi) is 8.56. The van der Waals surface area contributed by atoms with Crippen molar-refractivity contribution < 1.29 is 14.7 Å². The van der Waals surface area contributed by atoms with E-state index < -0.39 is 0 Å². The lowest BCUT2D eigenvalue weighted by Gasteiger charge is -2.30. The predicted molar refractivity (Wildman–Crippen MR) is 182 cm³/mol. The molecule has 3 N–H and O–H groups in total. The van der Waals surface area contributed by atoms with E-state index in [1.54, 1.807) is 60.7 Å². The molecule has 0 radical (unpaired) electrons. The van der Waals surface area contributed by atoms with Crippen LogP contribution in [0.4, 0.5) is 23.0 Å². The van der Waals surface area contributed by atoms with Crippen LogP contribution in [0.2, 0.25) is 0 Å². The largest absolute Gasteiger partial charge is 0.392 e. The number of rotatable bonds is 9. The van der Waals surface area contributed by atoms with Crippen molar-refractivity contribution in [2.75, 3.05) is 42.7 Å². The molecule has 1 aromatic carbocycles. The van der Waals surface area contributed by atoms with Gasteiger partial charge in [-0.15, -0.1) is 0 Å². The predicted octanol–water partition coefficient (Wildman–Crippen LogP) is 3.72. The Balaban J connectivity index is 1.27. The van der Waals surface area contributed by atoms with E-state index in [1.165, 1.54) is 21.9 Å². The van der Waals surface area contributed by atoms with E-state index in [-0.39, 0.29) is 35.2 Å². The van der Waals surface area contributed by atoms with Gasteiger partial charge >= 0.3 is 0 Å². The summed E-state index contributed by atoms with van der Waals surface area (Å²) in [5.74, 6) is 0.0133. The number of nitrogens with zero attached hydrogens (tertiary/aromatic N) is 6. The highest BCUT2D eigenvalue weighted by atomic mass is 16.3. The van der Waals surface area contributed by atoms with Gasteiger partial charge in [0.2, 0.25) is 5.91 Å². The Morgan fingerprint density at radius 2 is 1.89 bits per heavy atom. The van der Waals surface area contributed by atoms with E-state index in [2.05, 4.69) is 39.0 Å². The van der Waals surface area contributed by atoms with Gasteiger partial charge in [-0.3, -0.25) is 19.3 Å². The van der Waals surface area contributed by atoms with Crippen LogP contribution < -0.4 is 21.1 Å². The molecule has 0 spiro atoms. The first-order chi connectivity index (χ1) is 22.4. The van der Waals surface area contributed by atoms with Crippen LogP contribution in [0.5, 0.6) is 0 Å². The maximum atomic E-state index is 13.8. The van der Waals surface area contributed by atoms with Crippen LogP contribution in [-0.4, -0.2) is 68.1 Å². The average Bonchev–Trinajstić information content (AvgIpc) is 3.51. The van der Waals surface area contributed by atoms with Gasteiger partial charge in [-0.25, -0.2) is 9.97 Å². The Labute approximate surface area is 273 Å². The zero-order chi connectivity index (χ0) is 33.5. The van der Waals surface area contributed by atoms with E-state index in [0.29, 0.717) is 59.3 Å². The van der Waals surface area contributed by atoms with Crippen molar-refractivity contribution >= 4 is 34.8 Å². The smallest absolute Gasteiger partial charge is 0.293 e. The van der Waals surface area contributed by atoms with Crippen molar-refractivity contribution in [1.29, 1.82) is 0 Å². The molecule has 2 aliphatic rings. The highest BCUT2D eigenvalue weighted by molar-refractivity contribution is 6.06. The van der Waals surface area contributed by atoms with Gasteiger partial charge in [0.05, 0.1) is 12.3 Å². The quantitative estimate of drug-likeness (QED) is 0.237. The second-order valence-corrected chi connectivity index (χ2v) is 13.2. The number of nitrogens with one attached hydrogen (secondary N) is 2. The van der Waals surface area contributed by atoms with Crippen LogP contribution in [0.3, 0.4) is 0 Å². The van der Waals surface area contributed by atoms with Gasteiger partial charge in [0, 0.05) is 73.3 Å². The highest BCUT2D eigenvalue weighted by Gasteiger charge is 2.37. The van der Waals surface area contributed by atoms with Crippen LogP contribution in [-0.2, 0) is 37.8 Å². The van der Waals surface area contributed by atoms with E-state index in [0.717, 1.165) is 12.8 Å². The van der Waals surface area contributed by atoms with Crippen LogP contribution in [0.25, 0.3) is 11.3 Å². The van der Waals surface area contributed by atoms with Gasteiger partial charge in [-0.05, 0) is 68.2 Å². The number of carbonyl (C=O) groups is 2. The molecule has 12 nitrogen and oxygen atoms in total. The monoisotopic (exact) mass is 636 g/mol. The molecule has 0 fully saturated rings. The number of hydrogen-bond donors (Lipinski definition) is 3. The Morgan fingerprint density at radius 3 is 2.66 bits per heavy atom. The lowest BCUT2D eigenvalue weighted by molar-refractivity contribution is -0.111. The summed E-state index contributed by atoms with van der Waals surface area (Å²) in [4.78, 5) is 52.1. The number of aryl methyl sites for hydroxylation is 1. The zero-order valence-electron chi connectivity index (χ0n) is 27.4. The van der Waals surface area contributed by atoms with Crippen molar-refractivity contribution in [2.24, 2.45) is 12.5 Å². The summed E-state index contributed by atoms with van der Waals surface area (Å²) in [6.45, 7) is 5.81. The summed E-state index contributed by atoms with van der Waals surface area (Å²) in [5, 5.41) is 16.5. The van der Waals surface area contributed by atoms with E-state index in [1.807, 2.05) is 25.1 Å². The minimum atomic E-state index is -0.383. The summed E-state index contributed by atoms with van der Waals surface area (Å²) >= 11 is 0. The number of amides is 2. The van der Waals surface area contributed by atoms with Crippen LogP contribution in [0.15, 0.2) is 65.7 Å². The number of aliphatic hydroxyl groups is 1. The van der Waals surface area contributed by atoms with Crippen LogP contribution in [0, 0.1) is 5.41 Å². The van der Waals surface area contributed by atoms with E-state index in [9.17, 15) is 19.5 Å². The average molecular weight is 637 g/mol. The lowest BCUT2D eigenvalue weighted by Crippen LogP contribution is -2.41. The number of fused-ring (bicyclic) bond motifs is 3. The number of carbonyl (C=O) groups excluding carboxylic acids is 2. The number of benzene rings is 1. The topological polar surface area (TPSA) is 138 Å². The number of anilines is 4. The Bertz CT molecular complexity index is 1960. The van der Waals surface area contributed by atoms with Gasteiger partial charge in [0.15, 0.2) is 5.82 Å². The summed E-state index contributed by atoms with van der Waals surface area (Å²) < 4.78 is 3.55. The molecule has 2 amide bonds. The third kappa shape index (κ3) is 6.47. The molecule has 47 heavy (non-hydrogen) atoms. The molecule has 4 aromatic rings. The summed E-state index contributed by atoms with van der Waals surface area (Å²) in [7, 11) is 5.46. The molecule has 0 unspecified atom stereocenters. The van der Waals surface area contributed by atoms with Crippen LogP contribution >= 0.6 is 0 Å². The van der Waals surface area contributed by atoms with Crippen molar-refractivity contribution in [1.82, 2.24) is 24.0 Å². The number of likely N-dealkylation sites (N-methyl/N-ethyl adjacent to an activating group) is 1. The second-order valence-electron chi connectivity index (χ2n) is 13.2. The maximum Gasteiger partial charge on any atom is 0.293 e. The molecule has 0 bridgehead atoms. The second kappa shape index (κ2) is 12.6. The third-order valence-electron chi connectivity index (χ3n) is 8.55. The third-order valence-corrected chi connectivity index (χ3v) is 8.55. The molecule has 0 saturated heterocycles. The molecular formula is C35H40N8O4. The number of aliphatic hydroxyl groups excluding tert-OH is 1. The van der Waals surface area contributed by atoms with Gasteiger partial charge in [0.1, 0.15) is 11.5 Å². The first-order valence-corrected chi connectivity index (χ1v) is 15.6. The normalized spacial score (nSPS) is 15.3. The highest BCUT2D eigenvalue weighted by Crippen LogP contribution is 2.40. The minimum absolute atomic E-state index is 0.0610. The first-order valence-electron chi connectivity index (χ1n) is 15.6. The fourth-order valence-electron chi connectivity index (χ4n) is 6.41. The standard InChI is InChI=1S/C35H40N8O4/c1-35(2)18-22-16-28-33(46)43(15-14-42(28)29(22)19-35)32-26(21-44)25(11-12-36-32)27-20-41(5)34(47)31(39-27)38-24-9-6-8-23(17-24)37-30(45)10-7-13-40(3)4/h6-12,16-17,20,44H,13-15,18-19,21H2,1-5H3,(H,37,45)(H,38,39)/b10-7+. The Morgan fingerprint density at radius 1 is 1.11 bits per heavy atom. The van der Waals surface area contributed by atoms with Gasteiger partial charge in [-0.1, -0.05) is 26.0 Å². The first kappa shape index (κ1) is 31.9. The molecule has 4 heterocycles. The summed E-state index contributed by atoms with van der Waals surface area (Å²) in [6.07, 6.45) is 8.31. The van der Waals surface area contributed by atoms with Gasteiger partial charge in [-0.2, -0.15) is 0 Å².